The highest BCUT2D eigenvalue weighted by atomic mass is 16.5. The van der Waals surface area contributed by atoms with E-state index in [1.54, 1.807) is 0 Å². The van der Waals surface area contributed by atoms with E-state index in [9.17, 15) is 0 Å². The fraction of sp³-hybridized carbons (Fsp3) is 1.00. The summed E-state index contributed by atoms with van der Waals surface area (Å²) in [4.78, 5) is 0. The summed E-state index contributed by atoms with van der Waals surface area (Å²) >= 11 is 0. The molecule has 1 heteroatoms. The topological polar surface area (TPSA) is 9.23 Å². The molecule has 4 unspecified atom stereocenters. The minimum absolute atomic E-state index is 0.461. The van der Waals surface area contributed by atoms with Gasteiger partial charge in [0.15, 0.2) is 0 Å². The summed E-state index contributed by atoms with van der Waals surface area (Å²) < 4.78 is 5.91. The van der Waals surface area contributed by atoms with Crippen LogP contribution in [0.15, 0.2) is 0 Å². The Kier molecular flexibility index (Phi) is 0.471. The lowest BCUT2D eigenvalue weighted by atomic mass is 9.87. The number of rotatable bonds is 0. The highest BCUT2D eigenvalue weighted by Crippen LogP contribution is 2.81. The highest BCUT2D eigenvalue weighted by molar-refractivity contribution is 5.29. The summed E-state index contributed by atoms with van der Waals surface area (Å²) in [5, 5.41) is 0. The van der Waals surface area contributed by atoms with Gasteiger partial charge in [-0.1, -0.05) is 0 Å². The highest BCUT2D eigenvalue weighted by Gasteiger charge is 2.80. The van der Waals surface area contributed by atoms with Crippen molar-refractivity contribution in [2.75, 3.05) is 0 Å². The molecule has 2 heterocycles. The van der Waals surface area contributed by atoms with Crippen LogP contribution >= 0.6 is 0 Å². The maximum Gasteiger partial charge on any atom is 0.0770 e. The molecular weight excluding hydrogens is 124 g/mol. The number of ether oxygens (including phenoxy) is 1. The average Bonchev–Trinajstić information content (AvgIpc) is 2.22. The summed E-state index contributed by atoms with van der Waals surface area (Å²) in [7, 11) is 0. The second-order valence-corrected chi connectivity index (χ2v) is 4.74. The second-order valence-electron chi connectivity index (χ2n) is 4.74. The van der Waals surface area contributed by atoms with Crippen LogP contribution in [0, 0.1) is 11.3 Å². The van der Waals surface area contributed by atoms with Gasteiger partial charge < -0.3 is 4.74 Å². The molecule has 0 N–H and O–H groups in total. The molecule has 3 saturated carbocycles. The molecule has 0 aromatic carbocycles. The van der Waals surface area contributed by atoms with Gasteiger partial charge in [-0.05, 0) is 31.6 Å². The maximum atomic E-state index is 5.91. The minimum Gasteiger partial charge on any atom is -0.371 e. The maximum absolute atomic E-state index is 5.91. The average molecular weight is 136 g/mol. The summed E-state index contributed by atoms with van der Waals surface area (Å²) in [5.41, 5.74) is 1.22. The molecule has 2 bridgehead atoms. The Morgan fingerprint density at radius 3 is 2.80 bits per heavy atom. The molecule has 4 atom stereocenters. The van der Waals surface area contributed by atoms with Crippen molar-refractivity contribution in [1.82, 2.24) is 0 Å². The first kappa shape index (κ1) is 4.76. The van der Waals surface area contributed by atoms with E-state index in [0.717, 1.165) is 11.3 Å². The lowest BCUT2D eigenvalue weighted by Gasteiger charge is -2.39. The Labute approximate surface area is 60.7 Å². The van der Waals surface area contributed by atoms with E-state index in [4.69, 9.17) is 4.74 Å². The van der Waals surface area contributed by atoms with Crippen molar-refractivity contribution in [1.29, 1.82) is 0 Å². The van der Waals surface area contributed by atoms with Crippen LogP contribution in [0.4, 0.5) is 0 Å². The first-order valence-electron chi connectivity index (χ1n) is 4.53. The van der Waals surface area contributed by atoms with Crippen LogP contribution < -0.4 is 0 Å². The largest absolute Gasteiger partial charge is 0.371 e. The molecule has 5 aliphatic rings. The first-order chi connectivity index (χ1) is 4.85. The Balaban J connectivity index is 1.95. The van der Waals surface area contributed by atoms with Crippen molar-refractivity contribution in [3.63, 3.8) is 0 Å². The van der Waals surface area contributed by atoms with E-state index < -0.39 is 0 Å². The SMILES string of the molecule is C1CC23CC(CC24CC14)O3. The Morgan fingerprint density at radius 2 is 2.10 bits per heavy atom. The van der Waals surface area contributed by atoms with E-state index in [2.05, 4.69) is 0 Å². The van der Waals surface area contributed by atoms with Crippen LogP contribution in [-0.2, 0) is 4.74 Å². The zero-order chi connectivity index (χ0) is 6.40. The molecule has 1 nitrogen and oxygen atoms in total. The third-order valence-electron chi connectivity index (χ3n) is 4.58. The summed E-state index contributed by atoms with van der Waals surface area (Å²) in [6.07, 6.45) is 7.94. The van der Waals surface area contributed by atoms with Crippen LogP contribution in [0.5, 0.6) is 0 Å². The van der Waals surface area contributed by atoms with Gasteiger partial charge in [0.25, 0.3) is 0 Å². The van der Waals surface area contributed by atoms with Crippen molar-refractivity contribution < 1.29 is 4.74 Å². The van der Waals surface area contributed by atoms with Crippen LogP contribution in [0.1, 0.15) is 32.1 Å². The quantitative estimate of drug-likeness (QED) is 0.492. The van der Waals surface area contributed by atoms with Gasteiger partial charge >= 0.3 is 0 Å². The number of hydrogen-bond donors (Lipinski definition) is 0. The second kappa shape index (κ2) is 0.989. The van der Waals surface area contributed by atoms with Crippen molar-refractivity contribution in [2.24, 2.45) is 11.3 Å². The minimum atomic E-state index is 0.461. The summed E-state index contributed by atoms with van der Waals surface area (Å²) in [6, 6.07) is 0. The molecule has 5 fully saturated rings. The molecule has 10 heavy (non-hydrogen) atoms. The lowest BCUT2D eigenvalue weighted by molar-refractivity contribution is -0.164. The van der Waals surface area contributed by atoms with Crippen LogP contribution in [0.3, 0.4) is 0 Å². The summed E-state index contributed by atoms with van der Waals surface area (Å²) in [6.45, 7) is 0. The Morgan fingerprint density at radius 1 is 1.20 bits per heavy atom. The van der Waals surface area contributed by atoms with Gasteiger partial charge in [-0.15, -0.1) is 0 Å². The normalized spacial score (nSPS) is 74.4. The zero-order valence-corrected chi connectivity index (χ0v) is 6.10. The van der Waals surface area contributed by atoms with Crippen LogP contribution in [0.2, 0.25) is 0 Å². The van der Waals surface area contributed by atoms with Gasteiger partial charge in [-0.3, -0.25) is 0 Å². The van der Waals surface area contributed by atoms with Crippen molar-refractivity contribution in [2.45, 2.75) is 43.8 Å². The van der Waals surface area contributed by atoms with E-state index >= 15 is 0 Å². The fourth-order valence-corrected chi connectivity index (χ4v) is 4.09. The Bertz CT molecular complexity index is 211. The molecule has 3 aliphatic carbocycles. The van der Waals surface area contributed by atoms with Crippen LogP contribution in [0.25, 0.3) is 0 Å². The van der Waals surface area contributed by atoms with Crippen LogP contribution in [-0.4, -0.2) is 11.7 Å². The Hall–Kier alpha value is -0.0400. The molecule has 2 saturated heterocycles. The number of hydrogen-bond acceptors (Lipinski definition) is 1. The van der Waals surface area contributed by atoms with Gasteiger partial charge in [0.05, 0.1) is 11.7 Å². The van der Waals surface area contributed by atoms with Gasteiger partial charge in [0.2, 0.25) is 0 Å². The van der Waals surface area contributed by atoms with Crippen molar-refractivity contribution >= 4 is 0 Å². The van der Waals surface area contributed by atoms with E-state index in [1.165, 1.54) is 32.1 Å². The standard InChI is InChI=1S/C9H12O/c1-2-9-5-7(10-9)4-8(9)3-6(1)8/h6-7H,1-5H2. The molecule has 0 aromatic rings. The van der Waals surface area contributed by atoms with Gasteiger partial charge in [0.1, 0.15) is 0 Å². The molecular formula is C9H12O. The monoisotopic (exact) mass is 136 g/mol. The third-order valence-corrected chi connectivity index (χ3v) is 4.58. The molecule has 2 aliphatic heterocycles. The third kappa shape index (κ3) is 0.254. The molecule has 2 spiro atoms. The van der Waals surface area contributed by atoms with Gasteiger partial charge in [-0.25, -0.2) is 0 Å². The van der Waals surface area contributed by atoms with Gasteiger partial charge in [-0.2, -0.15) is 0 Å². The van der Waals surface area contributed by atoms with E-state index in [-0.39, 0.29) is 0 Å². The predicted molar refractivity (Wildman–Crippen MR) is 36.6 cm³/mol. The zero-order valence-electron chi connectivity index (χ0n) is 6.10. The van der Waals surface area contributed by atoms with Crippen molar-refractivity contribution in [3.8, 4) is 0 Å². The smallest absolute Gasteiger partial charge is 0.0770 e. The van der Waals surface area contributed by atoms with Gasteiger partial charge in [0, 0.05) is 11.8 Å². The molecule has 54 valence electrons. The molecule has 0 radical (unpaired) electrons. The molecule has 5 rings (SSSR count). The van der Waals surface area contributed by atoms with Crippen molar-refractivity contribution in [3.05, 3.63) is 0 Å². The molecule has 0 amide bonds. The fourth-order valence-electron chi connectivity index (χ4n) is 4.09. The summed E-state index contributed by atoms with van der Waals surface area (Å²) in [5.74, 6) is 1.10. The predicted octanol–water partition coefficient (Wildman–Crippen LogP) is 1.72. The first-order valence-corrected chi connectivity index (χ1v) is 4.53. The van der Waals surface area contributed by atoms with E-state index in [1.807, 2.05) is 0 Å². The van der Waals surface area contributed by atoms with E-state index in [0.29, 0.717) is 11.7 Å². The molecule has 0 aromatic heterocycles. The lowest BCUT2D eigenvalue weighted by Crippen LogP contribution is -2.43.